The highest BCUT2D eigenvalue weighted by atomic mass is 19.2. The van der Waals surface area contributed by atoms with Gasteiger partial charge in [-0.2, -0.15) is 8.78 Å². The van der Waals surface area contributed by atoms with Crippen molar-refractivity contribution in [2.75, 3.05) is 0 Å². The van der Waals surface area contributed by atoms with Crippen LogP contribution in [0.4, 0.5) is 22.0 Å². The first kappa shape index (κ1) is 20.9. The Morgan fingerprint density at radius 2 is 1.26 bits per heavy atom. The van der Waals surface area contributed by atoms with E-state index in [0.29, 0.717) is 30.4 Å². The highest BCUT2D eigenvalue weighted by Gasteiger charge is 2.23. The first-order chi connectivity index (χ1) is 14.8. The number of hydrogen-bond acceptors (Lipinski definition) is 2. The molecule has 0 aliphatic heterocycles. The van der Waals surface area contributed by atoms with E-state index in [4.69, 9.17) is 0 Å². The number of aromatic hydroxyl groups is 2. The molecule has 0 amide bonds. The maximum absolute atomic E-state index is 14.7. The van der Waals surface area contributed by atoms with Crippen LogP contribution in [-0.4, -0.2) is 10.2 Å². The van der Waals surface area contributed by atoms with Crippen LogP contribution in [0, 0.1) is 29.1 Å². The summed E-state index contributed by atoms with van der Waals surface area (Å²) in [4.78, 5) is 0. The third-order valence-corrected chi connectivity index (χ3v) is 5.64. The van der Waals surface area contributed by atoms with Crippen LogP contribution in [-0.2, 0) is 0 Å². The van der Waals surface area contributed by atoms with Crippen LogP contribution in [0.2, 0.25) is 0 Å². The minimum absolute atomic E-state index is 0.0834. The highest BCUT2D eigenvalue weighted by Crippen LogP contribution is 2.39. The van der Waals surface area contributed by atoms with Gasteiger partial charge in [-0.05, 0) is 66.6 Å². The van der Waals surface area contributed by atoms with Gasteiger partial charge in [-0.1, -0.05) is 18.2 Å². The number of halogens is 5. The normalized spacial score (nSPS) is 16.3. The molecule has 31 heavy (non-hydrogen) atoms. The average Bonchev–Trinajstić information content (AvgIpc) is 2.77. The van der Waals surface area contributed by atoms with Gasteiger partial charge in [0.25, 0.3) is 0 Å². The first-order valence-electron chi connectivity index (χ1n) is 9.61. The lowest BCUT2D eigenvalue weighted by molar-refractivity contribution is 0.406. The summed E-state index contributed by atoms with van der Waals surface area (Å²) in [6, 6.07) is 8.71. The van der Waals surface area contributed by atoms with Crippen LogP contribution >= 0.6 is 0 Å². The van der Waals surface area contributed by atoms with Gasteiger partial charge < -0.3 is 10.2 Å². The number of allylic oxidation sites excluding steroid dienone is 2. The molecule has 3 aromatic carbocycles. The molecule has 4 rings (SSSR count). The molecule has 0 bridgehead atoms. The Morgan fingerprint density at radius 3 is 1.84 bits per heavy atom. The molecule has 0 heterocycles. The zero-order chi connectivity index (χ0) is 22.3. The van der Waals surface area contributed by atoms with E-state index in [-0.39, 0.29) is 22.6 Å². The summed E-state index contributed by atoms with van der Waals surface area (Å²) >= 11 is 0. The van der Waals surface area contributed by atoms with E-state index in [1.54, 1.807) is 12.1 Å². The van der Waals surface area contributed by atoms with Gasteiger partial charge in [0.1, 0.15) is 5.82 Å². The third kappa shape index (κ3) is 3.76. The predicted molar refractivity (Wildman–Crippen MR) is 106 cm³/mol. The van der Waals surface area contributed by atoms with Gasteiger partial charge in [0.05, 0.1) is 0 Å². The zero-order valence-electron chi connectivity index (χ0n) is 16.1. The maximum Gasteiger partial charge on any atom is 0.200 e. The Balaban J connectivity index is 1.58. The maximum atomic E-state index is 14.7. The molecule has 1 atom stereocenters. The van der Waals surface area contributed by atoms with E-state index in [9.17, 15) is 32.2 Å². The van der Waals surface area contributed by atoms with Crippen molar-refractivity contribution >= 4 is 5.57 Å². The molecule has 0 fully saturated rings. The summed E-state index contributed by atoms with van der Waals surface area (Å²) in [6.07, 6.45) is 3.18. The molecule has 0 spiro atoms. The molecule has 0 aromatic heterocycles. The first-order valence-corrected chi connectivity index (χ1v) is 9.61. The second-order valence-corrected chi connectivity index (χ2v) is 7.46. The predicted octanol–water partition coefficient (Wildman–Crippen LogP) is 6.81. The highest BCUT2D eigenvalue weighted by molar-refractivity contribution is 5.69. The van der Waals surface area contributed by atoms with Crippen LogP contribution in [0.3, 0.4) is 0 Å². The largest absolute Gasteiger partial charge is 0.505 e. The Labute approximate surface area is 174 Å². The van der Waals surface area contributed by atoms with Crippen molar-refractivity contribution < 1.29 is 32.2 Å². The van der Waals surface area contributed by atoms with Gasteiger partial charge >= 0.3 is 0 Å². The second-order valence-electron chi connectivity index (χ2n) is 7.46. The van der Waals surface area contributed by atoms with Gasteiger partial charge in [-0.25, -0.2) is 13.2 Å². The van der Waals surface area contributed by atoms with Gasteiger partial charge in [0.2, 0.25) is 11.6 Å². The van der Waals surface area contributed by atoms with Crippen molar-refractivity contribution in [2.24, 2.45) is 0 Å². The van der Waals surface area contributed by atoms with E-state index in [0.717, 1.165) is 18.2 Å². The van der Waals surface area contributed by atoms with Crippen LogP contribution in [0.25, 0.3) is 16.7 Å². The Bertz CT molecular complexity index is 1200. The van der Waals surface area contributed by atoms with Crippen molar-refractivity contribution in [3.05, 3.63) is 88.8 Å². The number of hydrogen-bond donors (Lipinski definition) is 2. The van der Waals surface area contributed by atoms with Crippen LogP contribution in [0.1, 0.15) is 36.3 Å². The molecular weight excluding hydrogens is 415 g/mol. The van der Waals surface area contributed by atoms with E-state index < -0.39 is 40.6 Å². The zero-order valence-corrected chi connectivity index (χ0v) is 16.1. The fourth-order valence-corrected chi connectivity index (χ4v) is 3.92. The summed E-state index contributed by atoms with van der Waals surface area (Å²) in [5, 5.41) is 18.5. The van der Waals surface area contributed by atoms with E-state index in [1.165, 1.54) is 18.2 Å². The third-order valence-electron chi connectivity index (χ3n) is 5.64. The Hall–Kier alpha value is -3.35. The topological polar surface area (TPSA) is 40.5 Å². The molecule has 1 aliphatic rings. The number of phenols is 2. The molecule has 0 saturated heterocycles. The summed E-state index contributed by atoms with van der Waals surface area (Å²) < 4.78 is 70.1. The van der Waals surface area contributed by atoms with Gasteiger partial charge in [0.15, 0.2) is 23.1 Å². The van der Waals surface area contributed by atoms with Gasteiger partial charge in [0, 0.05) is 16.7 Å². The second kappa shape index (κ2) is 8.06. The summed E-state index contributed by atoms with van der Waals surface area (Å²) in [7, 11) is 0. The van der Waals surface area contributed by atoms with Crippen molar-refractivity contribution in [3.8, 4) is 22.6 Å². The lowest BCUT2D eigenvalue weighted by atomic mass is 9.82. The van der Waals surface area contributed by atoms with Gasteiger partial charge in [-0.3, -0.25) is 0 Å². The molecule has 0 saturated carbocycles. The van der Waals surface area contributed by atoms with E-state index in [1.807, 2.05) is 0 Å². The lowest BCUT2D eigenvalue weighted by Gasteiger charge is -2.23. The van der Waals surface area contributed by atoms with Gasteiger partial charge in [-0.15, -0.1) is 0 Å². The summed E-state index contributed by atoms with van der Waals surface area (Å²) in [6.45, 7) is 0. The Morgan fingerprint density at radius 1 is 0.677 bits per heavy atom. The standard InChI is InChI=1S/C24H17F5O2/c25-18-11-14(5-6-16(18)17-8-10-20(31)24(29)22(17)27)12-1-3-13(4-2-12)15-7-9-19(30)23(28)21(15)26/h3,5-12,30-31H,1-2,4H2. The molecule has 160 valence electrons. The fraction of sp³-hybridized carbons (Fsp3) is 0.167. The molecule has 3 aromatic rings. The molecule has 7 heteroatoms. The number of benzene rings is 3. The smallest absolute Gasteiger partial charge is 0.200 e. The van der Waals surface area contributed by atoms with E-state index in [2.05, 4.69) is 0 Å². The molecule has 0 radical (unpaired) electrons. The van der Waals surface area contributed by atoms with Crippen LogP contribution in [0.5, 0.6) is 11.5 Å². The molecule has 2 N–H and O–H groups in total. The van der Waals surface area contributed by atoms with Crippen molar-refractivity contribution in [1.82, 2.24) is 0 Å². The minimum Gasteiger partial charge on any atom is -0.505 e. The Kier molecular flexibility index (Phi) is 5.43. The number of phenolic OH excluding ortho intramolecular Hbond substituents is 2. The fourth-order valence-electron chi connectivity index (χ4n) is 3.92. The quantitative estimate of drug-likeness (QED) is 0.446. The van der Waals surface area contributed by atoms with Crippen LogP contribution in [0.15, 0.2) is 48.5 Å². The average molecular weight is 432 g/mol. The molecule has 1 unspecified atom stereocenters. The monoisotopic (exact) mass is 432 g/mol. The molecule has 1 aliphatic carbocycles. The van der Waals surface area contributed by atoms with E-state index >= 15 is 0 Å². The number of rotatable bonds is 3. The summed E-state index contributed by atoms with van der Waals surface area (Å²) in [5.41, 5.74) is 0.906. The van der Waals surface area contributed by atoms with Crippen molar-refractivity contribution in [2.45, 2.75) is 25.2 Å². The SMILES string of the molecule is Oc1ccc(C2=CCC(c3ccc(-c4ccc(O)c(F)c4F)c(F)c3)CC2)c(F)c1F. The molecule has 2 nitrogen and oxygen atoms in total. The lowest BCUT2D eigenvalue weighted by Crippen LogP contribution is -2.06. The van der Waals surface area contributed by atoms with Crippen molar-refractivity contribution in [1.29, 1.82) is 0 Å². The van der Waals surface area contributed by atoms with Crippen molar-refractivity contribution in [3.63, 3.8) is 0 Å². The minimum atomic E-state index is -1.44. The summed E-state index contributed by atoms with van der Waals surface area (Å²) in [5.74, 6) is -7.60. The van der Waals surface area contributed by atoms with Crippen LogP contribution < -0.4 is 0 Å². The molecular formula is C24H17F5O2.